The third-order valence-corrected chi connectivity index (χ3v) is 3.46. The largest absolute Gasteiger partial charge is 0.481 e. The van der Waals surface area contributed by atoms with E-state index in [0.29, 0.717) is 6.61 Å². The number of hydrogen-bond acceptors (Lipinski definition) is 4. The van der Waals surface area contributed by atoms with Gasteiger partial charge in [0.1, 0.15) is 5.41 Å². The van der Waals surface area contributed by atoms with Crippen molar-refractivity contribution in [2.75, 3.05) is 13.2 Å². The minimum absolute atomic E-state index is 0.167. The highest BCUT2D eigenvalue weighted by atomic mass is 16.5. The van der Waals surface area contributed by atoms with Crippen LogP contribution in [-0.4, -0.2) is 30.2 Å². The lowest BCUT2D eigenvalue weighted by molar-refractivity contribution is -0.148. The number of aliphatic carboxylic acids is 1. The summed E-state index contributed by atoms with van der Waals surface area (Å²) < 4.78 is 5.29. The number of hydrogen-bond donors (Lipinski definition) is 2. The highest BCUT2D eigenvalue weighted by Crippen LogP contribution is 2.32. The van der Waals surface area contributed by atoms with E-state index < -0.39 is 11.4 Å². The molecule has 0 fully saturated rings. The van der Waals surface area contributed by atoms with E-state index in [-0.39, 0.29) is 12.5 Å². The molecular weight excluding hydrogens is 306 g/mol. The molecule has 3 N–H and O–H groups in total. The Balaban J connectivity index is 0.000000648. The first-order valence-corrected chi connectivity index (χ1v) is 7.66. The second kappa shape index (κ2) is 9.47. The van der Waals surface area contributed by atoms with Crippen LogP contribution in [-0.2, 0) is 19.7 Å². The molecule has 0 bridgehead atoms. The minimum Gasteiger partial charge on any atom is -0.481 e. The normalized spacial score (nSPS) is 10.3. The van der Waals surface area contributed by atoms with E-state index >= 15 is 0 Å². The minimum atomic E-state index is -0.946. The van der Waals surface area contributed by atoms with Gasteiger partial charge in [-0.05, 0) is 18.1 Å². The second-order valence-electron chi connectivity index (χ2n) is 5.08. The molecule has 2 rings (SSSR count). The lowest BCUT2D eigenvalue weighted by Gasteiger charge is -2.31. The Morgan fingerprint density at radius 3 is 1.67 bits per heavy atom. The van der Waals surface area contributed by atoms with E-state index in [1.54, 1.807) is 6.92 Å². The van der Waals surface area contributed by atoms with Gasteiger partial charge in [-0.25, -0.2) is 0 Å². The maximum Gasteiger partial charge on any atom is 0.322 e. The van der Waals surface area contributed by atoms with Crippen LogP contribution in [0.5, 0.6) is 0 Å². The summed E-state index contributed by atoms with van der Waals surface area (Å²) in [5.41, 5.74) is 6.76. The van der Waals surface area contributed by atoms with E-state index in [9.17, 15) is 4.79 Å². The van der Waals surface area contributed by atoms with Crippen LogP contribution >= 0.6 is 0 Å². The fourth-order valence-electron chi connectivity index (χ4n) is 2.42. The molecule has 5 heteroatoms. The molecule has 5 nitrogen and oxygen atoms in total. The lowest BCUT2D eigenvalue weighted by Crippen LogP contribution is -2.45. The van der Waals surface area contributed by atoms with Crippen molar-refractivity contribution in [1.29, 1.82) is 0 Å². The molecule has 0 amide bonds. The Morgan fingerprint density at radius 1 is 1.00 bits per heavy atom. The van der Waals surface area contributed by atoms with Crippen molar-refractivity contribution in [2.24, 2.45) is 5.73 Å². The van der Waals surface area contributed by atoms with Gasteiger partial charge in [-0.1, -0.05) is 60.7 Å². The number of ether oxygens (including phenoxy) is 1. The Labute approximate surface area is 142 Å². The molecule has 0 radical (unpaired) electrons. The predicted octanol–water partition coefficient (Wildman–Crippen LogP) is 2.59. The van der Waals surface area contributed by atoms with E-state index in [1.807, 2.05) is 60.7 Å². The smallest absolute Gasteiger partial charge is 0.322 e. The standard InChI is InChI=1S/C17H19NO2.C2H4O2/c1-2-20-16(19)17(13-18,14-9-5-3-6-10-14)15-11-7-4-8-12-15;1-2(3)4/h3-12H,2,13,18H2,1H3;1H3,(H,3,4). The summed E-state index contributed by atoms with van der Waals surface area (Å²) in [6.45, 7) is 3.38. The Bertz CT molecular complexity index is 597. The molecule has 0 aliphatic rings. The average molecular weight is 329 g/mol. The molecule has 0 atom stereocenters. The maximum atomic E-state index is 12.6. The molecule has 2 aromatic carbocycles. The van der Waals surface area contributed by atoms with Crippen LogP contribution < -0.4 is 5.73 Å². The van der Waals surface area contributed by atoms with E-state index in [4.69, 9.17) is 20.4 Å². The van der Waals surface area contributed by atoms with Crippen LogP contribution in [0.3, 0.4) is 0 Å². The monoisotopic (exact) mass is 329 g/mol. The van der Waals surface area contributed by atoms with Gasteiger partial charge in [0.2, 0.25) is 0 Å². The van der Waals surface area contributed by atoms with Crippen molar-refractivity contribution in [3.63, 3.8) is 0 Å². The van der Waals surface area contributed by atoms with E-state index in [1.165, 1.54) is 0 Å². The van der Waals surface area contributed by atoms with Gasteiger partial charge in [0, 0.05) is 13.5 Å². The van der Waals surface area contributed by atoms with Crippen LogP contribution in [0.15, 0.2) is 60.7 Å². The topological polar surface area (TPSA) is 89.6 Å². The van der Waals surface area contributed by atoms with Gasteiger partial charge in [0.25, 0.3) is 5.97 Å². The van der Waals surface area contributed by atoms with E-state index in [2.05, 4.69) is 0 Å². The fourth-order valence-corrected chi connectivity index (χ4v) is 2.42. The highest BCUT2D eigenvalue weighted by molar-refractivity contribution is 5.88. The molecule has 0 aliphatic heterocycles. The van der Waals surface area contributed by atoms with Gasteiger partial charge in [0.15, 0.2) is 0 Å². The van der Waals surface area contributed by atoms with Gasteiger partial charge in [0.05, 0.1) is 6.61 Å². The van der Waals surface area contributed by atoms with Gasteiger partial charge in [-0.2, -0.15) is 0 Å². The Morgan fingerprint density at radius 2 is 1.38 bits per heavy atom. The van der Waals surface area contributed by atoms with Crippen molar-refractivity contribution in [2.45, 2.75) is 19.3 Å². The van der Waals surface area contributed by atoms with Gasteiger partial charge < -0.3 is 15.6 Å². The number of benzene rings is 2. The van der Waals surface area contributed by atoms with Gasteiger partial charge >= 0.3 is 5.97 Å². The van der Waals surface area contributed by atoms with Crippen LogP contribution in [0.25, 0.3) is 0 Å². The zero-order valence-electron chi connectivity index (χ0n) is 13.9. The first kappa shape index (κ1) is 19.4. The van der Waals surface area contributed by atoms with Crippen LogP contribution in [0.1, 0.15) is 25.0 Å². The molecule has 128 valence electrons. The SMILES string of the molecule is CC(=O)O.CCOC(=O)C(CN)(c1ccccc1)c1ccccc1. The highest BCUT2D eigenvalue weighted by Gasteiger charge is 2.42. The summed E-state index contributed by atoms with van der Waals surface area (Å²) in [5.74, 6) is -1.14. The summed E-state index contributed by atoms with van der Waals surface area (Å²) in [5, 5.41) is 7.42. The quantitative estimate of drug-likeness (QED) is 0.823. The number of nitrogens with two attached hydrogens (primary N) is 1. The number of esters is 1. The zero-order chi connectivity index (χ0) is 18.0. The van der Waals surface area contributed by atoms with Crippen molar-refractivity contribution >= 4 is 11.9 Å². The number of rotatable bonds is 5. The van der Waals surface area contributed by atoms with Crippen LogP contribution in [0, 0.1) is 0 Å². The molecule has 0 aromatic heterocycles. The molecule has 0 unspecified atom stereocenters. The third-order valence-electron chi connectivity index (χ3n) is 3.46. The zero-order valence-corrected chi connectivity index (χ0v) is 13.9. The molecule has 0 aliphatic carbocycles. The molecule has 0 spiro atoms. The molecule has 24 heavy (non-hydrogen) atoms. The first-order chi connectivity index (χ1) is 11.5. The lowest BCUT2D eigenvalue weighted by atomic mass is 9.74. The maximum absolute atomic E-state index is 12.6. The number of carbonyl (C=O) groups is 2. The number of carboxylic acids is 1. The van der Waals surface area contributed by atoms with Gasteiger partial charge in [-0.15, -0.1) is 0 Å². The van der Waals surface area contributed by atoms with Crippen molar-refractivity contribution in [1.82, 2.24) is 0 Å². The summed E-state index contributed by atoms with van der Waals surface area (Å²) >= 11 is 0. The Hall–Kier alpha value is -2.66. The molecule has 0 saturated heterocycles. The molecular formula is C19H23NO4. The van der Waals surface area contributed by atoms with E-state index in [0.717, 1.165) is 18.1 Å². The number of carboxylic acid groups (broad SMARTS) is 1. The second-order valence-corrected chi connectivity index (χ2v) is 5.08. The van der Waals surface area contributed by atoms with Gasteiger partial charge in [-0.3, -0.25) is 9.59 Å². The molecule has 0 saturated carbocycles. The third kappa shape index (κ3) is 4.67. The summed E-state index contributed by atoms with van der Waals surface area (Å²) in [6.07, 6.45) is 0. The van der Waals surface area contributed by atoms with Crippen LogP contribution in [0.4, 0.5) is 0 Å². The van der Waals surface area contributed by atoms with Crippen molar-refractivity contribution in [3.05, 3.63) is 71.8 Å². The Kier molecular flexibility index (Phi) is 7.65. The van der Waals surface area contributed by atoms with Crippen molar-refractivity contribution < 1.29 is 19.4 Å². The van der Waals surface area contributed by atoms with Crippen molar-refractivity contribution in [3.8, 4) is 0 Å². The van der Waals surface area contributed by atoms with Crippen LogP contribution in [0.2, 0.25) is 0 Å². The number of carbonyl (C=O) groups excluding carboxylic acids is 1. The molecule has 2 aromatic rings. The predicted molar refractivity (Wildman–Crippen MR) is 92.7 cm³/mol. The summed E-state index contributed by atoms with van der Waals surface area (Å²) in [6, 6.07) is 19.1. The summed E-state index contributed by atoms with van der Waals surface area (Å²) in [4.78, 5) is 21.6. The fraction of sp³-hybridized carbons (Fsp3) is 0.263. The summed E-state index contributed by atoms with van der Waals surface area (Å²) in [7, 11) is 0. The first-order valence-electron chi connectivity index (χ1n) is 7.66. The molecule has 0 heterocycles. The average Bonchev–Trinajstić information content (AvgIpc) is 2.58.